The summed E-state index contributed by atoms with van der Waals surface area (Å²) >= 11 is 11.5. The molecule has 6 heteroatoms. The van der Waals surface area contributed by atoms with E-state index in [0.717, 1.165) is 0 Å². The summed E-state index contributed by atoms with van der Waals surface area (Å²) in [5.41, 5.74) is 0.581. The van der Waals surface area contributed by atoms with Crippen LogP contribution in [0.15, 0.2) is 36.7 Å². The first-order valence-electron chi connectivity index (χ1n) is 5.37. The van der Waals surface area contributed by atoms with Gasteiger partial charge in [0, 0.05) is 23.3 Å². The van der Waals surface area contributed by atoms with Crippen LogP contribution in [-0.4, -0.2) is 22.2 Å². The second-order valence-electron chi connectivity index (χ2n) is 3.68. The fourth-order valence-electron chi connectivity index (χ4n) is 1.45. The fraction of sp³-hybridized carbons (Fsp3) is 0.167. The predicted molar refractivity (Wildman–Crippen MR) is 71.0 cm³/mol. The van der Waals surface area contributed by atoms with Gasteiger partial charge in [-0.2, -0.15) is 5.10 Å². The molecule has 2 rings (SSSR count). The maximum atomic E-state index is 11.7. The molecule has 1 heterocycles. The first-order chi connectivity index (χ1) is 8.65. The zero-order valence-electron chi connectivity index (χ0n) is 9.44. The van der Waals surface area contributed by atoms with Gasteiger partial charge in [-0.05, 0) is 24.3 Å². The van der Waals surface area contributed by atoms with Crippen molar-refractivity contribution in [3.8, 4) is 0 Å². The topological polar surface area (TPSA) is 46.9 Å². The van der Waals surface area contributed by atoms with Crippen LogP contribution < -0.4 is 5.32 Å². The van der Waals surface area contributed by atoms with E-state index in [0.29, 0.717) is 28.7 Å². The lowest BCUT2D eigenvalue weighted by atomic mass is 10.2. The molecule has 0 unspecified atom stereocenters. The van der Waals surface area contributed by atoms with Crippen molar-refractivity contribution in [3.63, 3.8) is 0 Å². The fourth-order valence-corrected chi connectivity index (χ4v) is 1.73. The van der Waals surface area contributed by atoms with Gasteiger partial charge in [0.15, 0.2) is 0 Å². The van der Waals surface area contributed by atoms with Crippen molar-refractivity contribution in [1.82, 2.24) is 15.1 Å². The van der Waals surface area contributed by atoms with E-state index in [1.165, 1.54) is 0 Å². The van der Waals surface area contributed by atoms with E-state index >= 15 is 0 Å². The molecule has 0 spiro atoms. The lowest BCUT2D eigenvalue weighted by molar-refractivity contribution is 0.0952. The zero-order chi connectivity index (χ0) is 13.0. The molecule has 0 radical (unpaired) electrons. The standard InChI is InChI=1S/C12H11Cl2N3O/c13-10-3-1-9(2-4-10)12(18)15-5-6-17-8-11(14)7-16-17/h1-4,7-8H,5-6H2,(H,15,18). The number of benzene rings is 1. The number of amides is 1. The Bertz CT molecular complexity index is 537. The number of nitrogens with zero attached hydrogens (tertiary/aromatic N) is 2. The van der Waals surface area contributed by atoms with Crippen LogP contribution in [0.5, 0.6) is 0 Å². The highest BCUT2D eigenvalue weighted by molar-refractivity contribution is 6.30. The van der Waals surface area contributed by atoms with Crippen LogP contribution in [0.3, 0.4) is 0 Å². The molecular weight excluding hydrogens is 273 g/mol. The maximum absolute atomic E-state index is 11.7. The maximum Gasteiger partial charge on any atom is 0.251 e. The largest absolute Gasteiger partial charge is 0.350 e. The molecule has 1 aromatic heterocycles. The molecule has 0 saturated heterocycles. The Morgan fingerprint density at radius 1 is 1.22 bits per heavy atom. The van der Waals surface area contributed by atoms with Gasteiger partial charge >= 0.3 is 0 Å². The number of aromatic nitrogens is 2. The molecule has 18 heavy (non-hydrogen) atoms. The van der Waals surface area contributed by atoms with E-state index in [4.69, 9.17) is 23.2 Å². The highest BCUT2D eigenvalue weighted by Crippen LogP contribution is 2.09. The molecule has 0 saturated carbocycles. The van der Waals surface area contributed by atoms with Crippen LogP contribution in [0.2, 0.25) is 10.0 Å². The van der Waals surface area contributed by atoms with Crippen LogP contribution in [0.1, 0.15) is 10.4 Å². The van der Waals surface area contributed by atoms with Crippen molar-refractivity contribution in [2.45, 2.75) is 6.54 Å². The van der Waals surface area contributed by atoms with Crippen molar-refractivity contribution < 1.29 is 4.79 Å². The number of halogens is 2. The lowest BCUT2D eigenvalue weighted by Gasteiger charge is -2.05. The van der Waals surface area contributed by atoms with Gasteiger partial charge < -0.3 is 5.32 Å². The van der Waals surface area contributed by atoms with Crippen molar-refractivity contribution in [3.05, 3.63) is 52.3 Å². The molecule has 0 aliphatic rings. The summed E-state index contributed by atoms with van der Waals surface area (Å²) in [7, 11) is 0. The first kappa shape index (κ1) is 12.9. The molecule has 1 N–H and O–H groups in total. The predicted octanol–water partition coefficient (Wildman–Crippen LogP) is 2.62. The van der Waals surface area contributed by atoms with Gasteiger partial charge in [-0.1, -0.05) is 23.2 Å². The van der Waals surface area contributed by atoms with Gasteiger partial charge in [0.2, 0.25) is 0 Å². The summed E-state index contributed by atoms with van der Waals surface area (Å²) in [4.78, 5) is 11.7. The third kappa shape index (κ3) is 3.48. The summed E-state index contributed by atoms with van der Waals surface area (Å²) < 4.78 is 1.67. The Labute approximate surface area is 115 Å². The summed E-state index contributed by atoms with van der Waals surface area (Å²) in [6.45, 7) is 1.06. The minimum Gasteiger partial charge on any atom is -0.350 e. The van der Waals surface area contributed by atoms with Gasteiger partial charge in [0.25, 0.3) is 5.91 Å². The van der Waals surface area contributed by atoms with Crippen LogP contribution in [0, 0.1) is 0 Å². The van der Waals surface area contributed by atoms with E-state index in [1.807, 2.05) is 0 Å². The molecule has 0 atom stereocenters. The first-order valence-corrected chi connectivity index (χ1v) is 6.12. The number of carbonyl (C=O) groups excluding carboxylic acids is 1. The van der Waals surface area contributed by atoms with E-state index in [1.54, 1.807) is 41.3 Å². The molecule has 0 aliphatic carbocycles. The Hall–Kier alpha value is -1.52. The SMILES string of the molecule is O=C(NCCn1cc(Cl)cn1)c1ccc(Cl)cc1. The Kier molecular flexibility index (Phi) is 4.23. The van der Waals surface area contributed by atoms with Crippen molar-refractivity contribution >= 4 is 29.1 Å². The highest BCUT2D eigenvalue weighted by atomic mass is 35.5. The minimum atomic E-state index is -0.134. The number of rotatable bonds is 4. The number of carbonyl (C=O) groups is 1. The van der Waals surface area contributed by atoms with Crippen LogP contribution in [0.4, 0.5) is 0 Å². The third-order valence-corrected chi connectivity index (χ3v) is 2.78. The third-order valence-electron chi connectivity index (χ3n) is 2.33. The number of nitrogens with one attached hydrogen (secondary N) is 1. The summed E-state index contributed by atoms with van der Waals surface area (Å²) in [6.07, 6.45) is 3.26. The molecule has 0 aliphatic heterocycles. The van der Waals surface area contributed by atoms with Crippen LogP contribution in [0.25, 0.3) is 0 Å². The second-order valence-corrected chi connectivity index (χ2v) is 4.56. The Morgan fingerprint density at radius 2 is 1.94 bits per heavy atom. The monoisotopic (exact) mass is 283 g/mol. The van der Waals surface area contributed by atoms with E-state index in [-0.39, 0.29) is 5.91 Å². The lowest BCUT2D eigenvalue weighted by Crippen LogP contribution is -2.27. The molecule has 4 nitrogen and oxygen atoms in total. The van der Waals surface area contributed by atoms with Crippen LogP contribution >= 0.6 is 23.2 Å². The van der Waals surface area contributed by atoms with Gasteiger partial charge in [-0.3, -0.25) is 9.48 Å². The molecule has 2 aromatic rings. The average Bonchev–Trinajstić information content (AvgIpc) is 2.76. The quantitative estimate of drug-likeness (QED) is 0.938. The molecule has 1 amide bonds. The summed E-state index contributed by atoms with van der Waals surface area (Å²) in [6, 6.07) is 6.73. The molecule has 0 bridgehead atoms. The highest BCUT2D eigenvalue weighted by Gasteiger charge is 2.04. The van der Waals surface area contributed by atoms with Crippen molar-refractivity contribution in [1.29, 1.82) is 0 Å². The normalized spacial score (nSPS) is 10.3. The Morgan fingerprint density at radius 3 is 2.56 bits per heavy atom. The summed E-state index contributed by atoms with van der Waals surface area (Å²) in [5.74, 6) is -0.134. The van der Waals surface area contributed by atoms with Gasteiger partial charge in [0.1, 0.15) is 0 Å². The van der Waals surface area contributed by atoms with Gasteiger partial charge in [-0.25, -0.2) is 0 Å². The molecule has 0 fully saturated rings. The second kappa shape index (κ2) is 5.89. The van der Waals surface area contributed by atoms with Gasteiger partial charge in [-0.15, -0.1) is 0 Å². The van der Waals surface area contributed by atoms with Gasteiger partial charge in [0.05, 0.1) is 17.8 Å². The van der Waals surface area contributed by atoms with Crippen molar-refractivity contribution in [2.75, 3.05) is 6.54 Å². The van der Waals surface area contributed by atoms with Crippen molar-refractivity contribution in [2.24, 2.45) is 0 Å². The van der Waals surface area contributed by atoms with E-state index < -0.39 is 0 Å². The number of hydrogen-bond acceptors (Lipinski definition) is 2. The zero-order valence-corrected chi connectivity index (χ0v) is 10.9. The molecular formula is C12H11Cl2N3O. The average molecular weight is 284 g/mol. The van der Waals surface area contributed by atoms with E-state index in [2.05, 4.69) is 10.4 Å². The Balaban J connectivity index is 1.83. The molecule has 94 valence electrons. The summed E-state index contributed by atoms with van der Waals surface area (Å²) in [5, 5.41) is 7.99. The van der Waals surface area contributed by atoms with E-state index in [9.17, 15) is 4.79 Å². The number of hydrogen-bond donors (Lipinski definition) is 1. The molecule has 1 aromatic carbocycles. The smallest absolute Gasteiger partial charge is 0.251 e. The van der Waals surface area contributed by atoms with Crippen LogP contribution in [-0.2, 0) is 6.54 Å². The minimum absolute atomic E-state index is 0.134.